The van der Waals surface area contributed by atoms with Crippen LogP contribution in [0.25, 0.3) is 0 Å². The highest BCUT2D eigenvalue weighted by molar-refractivity contribution is 6.06. The summed E-state index contributed by atoms with van der Waals surface area (Å²) < 4.78 is 19.8. The summed E-state index contributed by atoms with van der Waals surface area (Å²) in [6.45, 7) is 5.02. The Morgan fingerprint density at radius 3 is 2.37 bits per heavy atom. The Morgan fingerprint density at radius 2 is 1.67 bits per heavy atom. The lowest BCUT2D eigenvalue weighted by atomic mass is 9.99. The number of nitrogen functional groups attached to an aromatic ring is 1. The predicted octanol–water partition coefficient (Wildman–Crippen LogP) is 5.66. The van der Waals surface area contributed by atoms with E-state index in [0.717, 1.165) is 5.56 Å². The fraction of sp³-hybridized carbons (Fsp3) is 0.270. The van der Waals surface area contributed by atoms with Gasteiger partial charge in [-0.3, -0.25) is 14.5 Å². The SMILES string of the molecule is C[C@H](CO)N1C[C@H](C)[C@@H](CN(C)Cc2ccc(C(=O)Nc3ccccc3N)cc2)Oc2ccc(NC(=O)Nc3ccc(F)cc3)cc2C1=O. The van der Waals surface area contributed by atoms with Crippen LogP contribution in [0.5, 0.6) is 5.75 Å². The highest BCUT2D eigenvalue weighted by Crippen LogP contribution is 2.31. The van der Waals surface area contributed by atoms with Crippen molar-refractivity contribution in [1.82, 2.24) is 9.80 Å². The molecule has 0 bridgehead atoms. The van der Waals surface area contributed by atoms with Crippen molar-refractivity contribution in [3.63, 3.8) is 0 Å². The number of nitrogens with one attached hydrogen (secondary N) is 3. The number of fused-ring (bicyclic) bond motifs is 1. The minimum atomic E-state index is -0.561. The molecule has 1 aliphatic rings. The number of halogens is 1. The number of aliphatic hydroxyl groups excluding tert-OH is 1. The second-order valence-electron chi connectivity index (χ2n) is 12.4. The number of para-hydroxylation sites is 2. The molecule has 4 amide bonds. The van der Waals surface area contributed by atoms with Crippen molar-refractivity contribution in [2.75, 3.05) is 48.4 Å². The molecule has 4 aromatic rings. The molecule has 0 saturated carbocycles. The van der Waals surface area contributed by atoms with Crippen molar-refractivity contribution in [2.45, 2.75) is 32.5 Å². The van der Waals surface area contributed by atoms with E-state index in [2.05, 4.69) is 20.9 Å². The van der Waals surface area contributed by atoms with Crippen molar-refractivity contribution in [1.29, 1.82) is 0 Å². The van der Waals surface area contributed by atoms with Crippen LogP contribution < -0.4 is 26.4 Å². The van der Waals surface area contributed by atoms with Crippen molar-refractivity contribution < 1.29 is 28.6 Å². The molecule has 0 unspecified atom stereocenters. The fourth-order valence-electron chi connectivity index (χ4n) is 5.60. The molecule has 49 heavy (non-hydrogen) atoms. The second-order valence-corrected chi connectivity index (χ2v) is 12.4. The number of hydrogen-bond donors (Lipinski definition) is 5. The number of anilines is 4. The van der Waals surface area contributed by atoms with Crippen LogP contribution in [-0.2, 0) is 6.54 Å². The molecule has 6 N–H and O–H groups in total. The number of carbonyl (C=O) groups is 3. The lowest BCUT2D eigenvalue weighted by Gasteiger charge is -2.38. The molecule has 5 rings (SSSR count). The van der Waals surface area contributed by atoms with Gasteiger partial charge in [0.2, 0.25) is 0 Å². The predicted molar refractivity (Wildman–Crippen MR) is 188 cm³/mol. The van der Waals surface area contributed by atoms with E-state index in [9.17, 15) is 23.9 Å². The van der Waals surface area contributed by atoms with Gasteiger partial charge in [-0.05, 0) is 86.3 Å². The van der Waals surface area contributed by atoms with Gasteiger partial charge >= 0.3 is 6.03 Å². The van der Waals surface area contributed by atoms with Gasteiger partial charge in [-0.15, -0.1) is 0 Å². The van der Waals surface area contributed by atoms with Gasteiger partial charge in [0.25, 0.3) is 11.8 Å². The van der Waals surface area contributed by atoms with Crippen LogP contribution in [0.15, 0.2) is 91.0 Å². The smallest absolute Gasteiger partial charge is 0.323 e. The van der Waals surface area contributed by atoms with Gasteiger partial charge < -0.3 is 36.4 Å². The van der Waals surface area contributed by atoms with E-state index in [4.69, 9.17) is 10.5 Å². The largest absolute Gasteiger partial charge is 0.488 e. The minimum Gasteiger partial charge on any atom is -0.488 e. The Balaban J connectivity index is 1.28. The average Bonchev–Trinajstić information content (AvgIpc) is 3.08. The summed E-state index contributed by atoms with van der Waals surface area (Å²) in [5.41, 5.74) is 9.53. The summed E-state index contributed by atoms with van der Waals surface area (Å²) in [6, 6.07) is 23.6. The quantitative estimate of drug-likeness (QED) is 0.137. The van der Waals surface area contributed by atoms with Crippen molar-refractivity contribution in [2.24, 2.45) is 5.92 Å². The Bertz CT molecular complexity index is 1790. The van der Waals surface area contributed by atoms with Crippen LogP contribution in [0.4, 0.5) is 31.9 Å². The third-order valence-electron chi connectivity index (χ3n) is 8.39. The number of benzene rings is 4. The van der Waals surface area contributed by atoms with Crippen LogP contribution in [0.2, 0.25) is 0 Å². The molecule has 0 radical (unpaired) electrons. The van der Waals surface area contributed by atoms with Crippen LogP contribution in [0.3, 0.4) is 0 Å². The number of ether oxygens (including phenoxy) is 1. The number of aliphatic hydroxyl groups is 1. The Labute approximate surface area is 284 Å². The van der Waals surface area contributed by atoms with E-state index in [-0.39, 0.29) is 36.0 Å². The van der Waals surface area contributed by atoms with Crippen LogP contribution in [0, 0.1) is 11.7 Å². The summed E-state index contributed by atoms with van der Waals surface area (Å²) >= 11 is 0. The molecule has 12 heteroatoms. The van der Waals surface area contributed by atoms with Gasteiger partial charge in [0.15, 0.2) is 0 Å². The first kappa shape index (κ1) is 34.9. The maximum atomic E-state index is 13.8. The van der Waals surface area contributed by atoms with Crippen LogP contribution in [-0.4, -0.2) is 71.6 Å². The maximum Gasteiger partial charge on any atom is 0.323 e. The Hall–Kier alpha value is -5.46. The number of amides is 4. The third-order valence-corrected chi connectivity index (χ3v) is 8.39. The van der Waals surface area contributed by atoms with E-state index in [0.29, 0.717) is 53.7 Å². The first-order valence-electron chi connectivity index (χ1n) is 16.0. The van der Waals surface area contributed by atoms with Crippen molar-refractivity contribution in [3.05, 3.63) is 114 Å². The van der Waals surface area contributed by atoms with E-state index in [1.165, 1.54) is 24.3 Å². The lowest BCUT2D eigenvalue weighted by Crippen LogP contribution is -2.49. The number of hydrogen-bond acceptors (Lipinski definition) is 7. The second kappa shape index (κ2) is 15.6. The Kier molecular flexibility index (Phi) is 11.1. The summed E-state index contributed by atoms with van der Waals surface area (Å²) in [6.07, 6.45) is -0.327. The standard InChI is InChI=1S/C37H41FN6O5/c1-23-19-44(24(2)22-45)36(47)30-18-29(41-37(48)40-28-14-12-27(38)13-15-28)16-17-33(30)49-34(23)21-43(3)20-25-8-10-26(11-9-25)35(46)42-32-7-5-4-6-31(32)39/h4-18,23-24,34,45H,19-22,39H2,1-3H3,(H,42,46)(H2,40,41,48)/t23-,24+,34+/m0/s1. The first-order chi connectivity index (χ1) is 23.5. The molecule has 256 valence electrons. The summed E-state index contributed by atoms with van der Waals surface area (Å²) in [4.78, 5) is 43.0. The normalized spacial score (nSPS) is 16.5. The molecule has 3 atom stereocenters. The number of nitrogens with zero attached hydrogens (tertiary/aromatic N) is 2. The van der Waals surface area contributed by atoms with Crippen molar-refractivity contribution in [3.8, 4) is 5.75 Å². The summed E-state index contributed by atoms with van der Waals surface area (Å²) in [5.74, 6) is -0.723. The molecule has 11 nitrogen and oxygen atoms in total. The summed E-state index contributed by atoms with van der Waals surface area (Å²) in [7, 11) is 1.97. The monoisotopic (exact) mass is 668 g/mol. The minimum absolute atomic E-state index is 0.0932. The number of nitrogens with two attached hydrogens (primary N) is 1. The zero-order chi connectivity index (χ0) is 35.1. The molecule has 0 spiro atoms. The molecule has 4 aromatic carbocycles. The van der Waals surface area contributed by atoms with Crippen molar-refractivity contribution >= 4 is 40.6 Å². The average molecular weight is 669 g/mol. The molecular formula is C37H41FN6O5. The van der Waals surface area contributed by atoms with E-state index in [1.807, 2.05) is 26.1 Å². The van der Waals surface area contributed by atoms with E-state index >= 15 is 0 Å². The molecule has 1 heterocycles. The number of carbonyl (C=O) groups excluding carboxylic acids is 3. The molecule has 0 aromatic heterocycles. The molecule has 0 aliphatic carbocycles. The lowest BCUT2D eigenvalue weighted by molar-refractivity contribution is 0.0341. The molecule has 1 aliphatic heterocycles. The summed E-state index contributed by atoms with van der Waals surface area (Å²) in [5, 5.41) is 18.2. The number of rotatable bonds is 10. The van der Waals surface area contributed by atoms with Gasteiger partial charge in [0.05, 0.1) is 29.6 Å². The highest BCUT2D eigenvalue weighted by Gasteiger charge is 2.33. The molecule has 0 fully saturated rings. The van der Waals surface area contributed by atoms with Gasteiger partial charge in [0, 0.05) is 42.5 Å². The number of urea groups is 1. The van der Waals surface area contributed by atoms with E-state index < -0.39 is 17.9 Å². The van der Waals surface area contributed by atoms with Crippen LogP contribution in [0.1, 0.15) is 40.1 Å². The molecular weight excluding hydrogens is 627 g/mol. The number of likely N-dealkylation sites (N-methyl/N-ethyl adjacent to an activating group) is 1. The van der Waals surface area contributed by atoms with Gasteiger partial charge in [-0.1, -0.05) is 31.2 Å². The maximum absolute atomic E-state index is 13.8. The van der Waals surface area contributed by atoms with Gasteiger partial charge in [0.1, 0.15) is 17.7 Å². The van der Waals surface area contributed by atoms with Crippen LogP contribution >= 0.6 is 0 Å². The van der Waals surface area contributed by atoms with Gasteiger partial charge in [-0.2, -0.15) is 0 Å². The fourth-order valence-corrected chi connectivity index (χ4v) is 5.60. The third kappa shape index (κ3) is 8.92. The zero-order valence-corrected chi connectivity index (χ0v) is 27.7. The highest BCUT2D eigenvalue weighted by atomic mass is 19.1. The topological polar surface area (TPSA) is 149 Å². The van der Waals surface area contributed by atoms with Gasteiger partial charge in [-0.25, -0.2) is 9.18 Å². The van der Waals surface area contributed by atoms with E-state index in [1.54, 1.807) is 66.4 Å². The molecule has 0 saturated heterocycles. The zero-order valence-electron chi connectivity index (χ0n) is 27.7. The Morgan fingerprint density at radius 1 is 1.00 bits per heavy atom. The first-order valence-corrected chi connectivity index (χ1v) is 16.0.